The van der Waals surface area contributed by atoms with E-state index in [9.17, 15) is 10.5 Å². The minimum absolute atomic E-state index is 0.595. The molecule has 9 rings (SSSR count). The minimum Gasteiger partial charge on any atom is -0.309 e. The molecular formula is C44H26N4. The molecule has 2 heterocycles. The van der Waals surface area contributed by atoms with Crippen LogP contribution in [0.15, 0.2) is 158 Å². The topological polar surface area (TPSA) is 57.4 Å². The Kier molecular flexibility index (Phi) is 6.22. The molecule has 9 aromatic rings. The molecule has 48 heavy (non-hydrogen) atoms. The Morgan fingerprint density at radius 3 is 1.69 bits per heavy atom. The number of nitrogens with zero attached hydrogens (tertiary/aromatic N) is 4. The van der Waals surface area contributed by atoms with Crippen molar-refractivity contribution in [2.45, 2.75) is 0 Å². The monoisotopic (exact) mass is 610 g/mol. The summed E-state index contributed by atoms with van der Waals surface area (Å²) in [5, 5.41) is 24.6. The molecule has 0 spiro atoms. The first-order valence-electron chi connectivity index (χ1n) is 15.9. The summed E-state index contributed by atoms with van der Waals surface area (Å²) in [6, 6.07) is 58.9. The molecule has 0 saturated carbocycles. The second kappa shape index (κ2) is 10.9. The first-order chi connectivity index (χ1) is 23.7. The third-order valence-corrected chi connectivity index (χ3v) is 9.38. The molecule has 0 aliphatic carbocycles. The summed E-state index contributed by atoms with van der Waals surface area (Å²) in [5.41, 5.74) is 11.6. The summed E-state index contributed by atoms with van der Waals surface area (Å²) < 4.78 is 4.55. The zero-order chi connectivity index (χ0) is 32.2. The van der Waals surface area contributed by atoms with Gasteiger partial charge in [0.15, 0.2) is 0 Å². The number of aromatic nitrogens is 2. The third kappa shape index (κ3) is 4.14. The van der Waals surface area contributed by atoms with Crippen molar-refractivity contribution in [2.75, 3.05) is 0 Å². The van der Waals surface area contributed by atoms with Crippen molar-refractivity contribution in [3.63, 3.8) is 0 Å². The first kappa shape index (κ1) is 27.4. The zero-order valence-corrected chi connectivity index (χ0v) is 25.8. The third-order valence-electron chi connectivity index (χ3n) is 9.38. The number of hydrogen-bond acceptors (Lipinski definition) is 2. The molecule has 222 valence electrons. The van der Waals surface area contributed by atoms with Gasteiger partial charge in [-0.05, 0) is 83.4 Å². The highest BCUT2D eigenvalue weighted by atomic mass is 15.0. The van der Waals surface area contributed by atoms with E-state index in [-0.39, 0.29) is 0 Å². The first-order valence-corrected chi connectivity index (χ1v) is 15.9. The molecule has 0 bridgehead atoms. The van der Waals surface area contributed by atoms with E-state index >= 15 is 0 Å². The van der Waals surface area contributed by atoms with Gasteiger partial charge in [0.25, 0.3) is 0 Å². The Labute approximate surface area is 277 Å². The lowest BCUT2D eigenvalue weighted by Gasteiger charge is -2.15. The molecule has 2 aromatic heterocycles. The maximum atomic E-state index is 10.2. The van der Waals surface area contributed by atoms with Crippen LogP contribution in [0.1, 0.15) is 11.1 Å². The van der Waals surface area contributed by atoms with E-state index < -0.39 is 0 Å². The van der Waals surface area contributed by atoms with Gasteiger partial charge in [0, 0.05) is 32.8 Å². The van der Waals surface area contributed by atoms with E-state index in [0.29, 0.717) is 11.1 Å². The number of fused-ring (bicyclic) bond motifs is 6. The molecule has 0 aliphatic heterocycles. The normalized spacial score (nSPS) is 11.3. The lowest BCUT2D eigenvalue weighted by atomic mass is 9.95. The smallest absolute Gasteiger partial charge is 0.0998 e. The fourth-order valence-electron chi connectivity index (χ4n) is 7.30. The Bertz CT molecular complexity index is 2750. The maximum Gasteiger partial charge on any atom is 0.0998 e. The van der Waals surface area contributed by atoms with E-state index in [1.54, 1.807) is 0 Å². The molecule has 0 saturated heterocycles. The number of nitriles is 2. The van der Waals surface area contributed by atoms with Crippen LogP contribution in [0.5, 0.6) is 0 Å². The Morgan fingerprint density at radius 1 is 0.417 bits per heavy atom. The molecule has 0 amide bonds. The standard InChI is InChI=1S/C44H26N4/c45-27-29-24-32(30-20-22-34(23-21-30)47-40-16-6-2-12-36(40)37-13-3-7-17-41(37)47)26-33(25-29)35-11-1-5-15-39(35)48-42-18-8-4-14-38(42)44-31(28-46)10-9-19-43(44)48/h1-26H. The van der Waals surface area contributed by atoms with Gasteiger partial charge in [-0.3, -0.25) is 0 Å². The summed E-state index contributed by atoms with van der Waals surface area (Å²) >= 11 is 0. The SMILES string of the molecule is N#Cc1cc(-c2ccc(-n3c4ccccc4c4ccccc43)cc2)cc(-c2ccccc2-n2c3ccccc3c3c(C#N)cccc32)c1. The van der Waals surface area contributed by atoms with Gasteiger partial charge in [-0.25, -0.2) is 0 Å². The van der Waals surface area contributed by atoms with Gasteiger partial charge in [-0.2, -0.15) is 10.5 Å². The lowest BCUT2D eigenvalue weighted by molar-refractivity contribution is 1.18. The van der Waals surface area contributed by atoms with Crippen LogP contribution in [-0.4, -0.2) is 9.13 Å². The van der Waals surface area contributed by atoms with Crippen molar-refractivity contribution in [1.29, 1.82) is 10.5 Å². The van der Waals surface area contributed by atoms with Gasteiger partial charge in [-0.1, -0.05) is 91.0 Å². The van der Waals surface area contributed by atoms with E-state index in [2.05, 4.69) is 130 Å². The lowest BCUT2D eigenvalue weighted by Crippen LogP contribution is -1.98. The van der Waals surface area contributed by atoms with Crippen molar-refractivity contribution < 1.29 is 0 Å². The molecule has 0 aliphatic rings. The molecule has 0 fully saturated rings. The van der Waals surface area contributed by atoms with Crippen molar-refractivity contribution in [3.05, 3.63) is 169 Å². The van der Waals surface area contributed by atoms with Gasteiger partial charge < -0.3 is 9.13 Å². The van der Waals surface area contributed by atoms with Crippen molar-refractivity contribution >= 4 is 43.6 Å². The predicted octanol–water partition coefficient (Wildman–Crippen LogP) is 11.0. The van der Waals surface area contributed by atoms with Gasteiger partial charge in [0.05, 0.1) is 51.0 Å². The average molecular weight is 611 g/mol. The van der Waals surface area contributed by atoms with Crippen molar-refractivity contribution in [2.24, 2.45) is 0 Å². The quantitative estimate of drug-likeness (QED) is 0.199. The Morgan fingerprint density at radius 2 is 1.00 bits per heavy atom. The van der Waals surface area contributed by atoms with Crippen molar-refractivity contribution in [1.82, 2.24) is 9.13 Å². The van der Waals surface area contributed by atoms with Crippen LogP contribution in [0.2, 0.25) is 0 Å². The van der Waals surface area contributed by atoms with Crippen LogP contribution in [0.4, 0.5) is 0 Å². The van der Waals surface area contributed by atoms with Gasteiger partial charge in [0.1, 0.15) is 0 Å². The average Bonchev–Trinajstić information content (AvgIpc) is 3.68. The molecule has 7 aromatic carbocycles. The van der Waals surface area contributed by atoms with E-state index in [1.165, 1.54) is 21.8 Å². The molecule has 0 radical (unpaired) electrons. The van der Waals surface area contributed by atoms with Gasteiger partial charge in [-0.15, -0.1) is 0 Å². The van der Waals surface area contributed by atoms with Crippen LogP contribution in [0.25, 0.3) is 77.2 Å². The number of benzene rings is 7. The predicted molar refractivity (Wildman–Crippen MR) is 195 cm³/mol. The van der Waals surface area contributed by atoms with E-state index in [1.807, 2.05) is 48.5 Å². The maximum absolute atomic E-state index is 10.2. The van der Waals surface area contributed by atoms with Crippen LogP contribution < -0.4 is 0 Å². The van der Waals surface area contributed by atoms with Crippen LogP contribution in [0.3, 0.4) is 0 Å². The fraction of sp³-hybridized carbons (Fsp3) is 0. The van der Waals surface area contributed by atoms with E-state index in [4.69, 9.17) is 0 Å². The summed E-state index contributed by atoms with van der Waals surface area (Å²) in [5.74, 6) is 0. The molecular weight excluding hydrogens is 585 g/mol. The van der Waals surface area contributed by atoms with Gasteiger partial charge in [0.2, 0.25) is 0 Å². The second-order valence-electron chi connectivity index (χ2n) is 12.0. The zero-order valence-electron chi connectivity index (χ0n) is 25.8. The molecule has 0 N–H and O–H groups in total. The largest absolute Gasteiger partial charge is 0.309 e. The second-order valence-corrected chi connectivity index (χ2v) is 12.0. The van der Waals surface area contributed by atoms with Crippen LogP contribution in [0, 0.1) is 22.7 Å². The highest BCUT2D eigenvalue weighted by Gasteiger charge is 2.18. The fourth-order valence-corrected chi connectivity index (χ4v) is 7.30. The summed E-state index contributed by atoms with van der Waals surface area (Å²) in [6.45, 7) is 0. The molecule has 0 atom stereocenters. The number of hydrogen-bond donors (Lipinski definition) is 0. The summed E-state index contributed by atoms with van der Waals surface area (Å²) in [4.78, 5) is 0. The summed E-state index contributed by atoms with van der Waals surface area (Å²) in [7, 11) is 0. The molecule has 4 heteroatoms. The van der Waals surface area contributed by atoms with E-state index in [0.717, 1.165) is 55.4 Å². The Hall–Kier alpha value is -6.88. The summed E-state index contributed by atoms with van der Waals surface area (Å²) in [6.07, 6.45) is 0. The molecule has 4 nitrogen and oxygen atoms in total. The van der Waals surface area contributed by atoms with Crippen molar-refractivity contribution in [3.8, 4) is 45.8 Å². The number of para-hydroxylation sites is 4. The molecule has 0 unspecified atom stereocenters. The number of rotatable bonds is 4. The van der Waals surface area contributed by atoms with Crippen LogP contribution in [-0.2, 0) is 0 Å². The Balaban J connectivity index is 1.20. The van der Waals surface area contributed by atoms with Gasteiger partial charge >= 0.3 is 0 Å². The highest BCUT2D eigenvalue weighted by Crippen LogP contribution is 2.39. The highest BCUT2D eigenvalue weighted by molar-refractivity contribution is 6.12. The minimum atomic E-state index is 0.595. The van der Waals surface area contributed by atoms with Crippen LogP contribution >= 0.6 is 0 Å².